The number of rotatable bonds is 5. The summed E-state index contributed by atoms with van der Waals surface area (Å²) in [5.41, 5.74) is 1.79. The molecular weight excluding hydrogens is 567 g/mol. The molecule has 5 heterocycles. The van der Waals surface area contributed by atoms with Gasteiger partial charge in [0.1, 0.15) is 23.1 Å². The van der Waals surface area contributed by atoms with Crippen LogP contribution >= 0.6 is 23.2 Å². The van der Waals surface area contributed by atoms with Crippen LogP contribution in [-0.4, -0.2) is 69.0 Å². The van der Waals surface area contributed by atoms with Gasteiger partial charge in [-0.05, 0) is 65.2 Å². The van der Waals surface area contributed by atoms with Crippen LogP contribution < -0.4 is 10.1 Å². The van der Waals surface area contributed by atoms with Gasteiger partial charge in [-0.2, -0.15) is 5.10 Å². The fraction of sp³-hybridized carbons (Fsp3) is 0.517. The maximum absolute atomic E-state index is 12.6. The minimum Gasteiger partial charge on any atom is -0.486 e. The molecule has 0 saturated carbocycles. The zero-order valence-electron chi connectivity index (χ0n) is 23.6. The van der Waals surface area contributed by atoms with E-state index in [1.807, 2.05) is 50.6 Å². The van der Waals surface area contributed by atoms with E-state index in [0.717, 1.165) is 35.9 Å². The van der Waals surface area contributed by atoms with Crippen molar-refractivity contribution in [1.29, 1.82) is 0 Å². The van der Waals surface area contributed by atoms with Crippen molar-refractivity contribution in [3.05, 3.63) is 51.9 Å². The van der Waals surface area contributed by atoms with Crippen LogP contribution in [0.5, 0.6) is 5.75 Å². The number of carbonyl (C=O) groups is 1. The number of nitrogens with one attached hydrogen (secondary N) is 1. The Morgan fingerprint density at radius 2 is 1.95 bits per heavy atom. The van der Waals surface area contributed by atoms with Crippen molar-refractivity contribution in [1.82, 2.24) is 25.0 Å². The number of amides is 1. The second-order valence-electron chi connectivity index (χ2n) is 11.8. The number of hydrogen-bond acceptors (Lipinski definition) is 8. The number of aliphatic imine (C=N–C) groups is 1. The number of hydrogen-bond donors (Lipinski definition) is 1. The van der Waals surface area contributed by atoms with Crippen LogP contribution in [-0.2, 0) is 9.47 Å². The topological polar surface area (TPSA) is 103 Å². The molecule has 3 aliphatic rings. The third-order valence-electron chi connectivity index (χ3n) is 7.50. The Hall–Kier alpha value is -3.08. The van der Waals surface area contributed by atoms with E-state index in [1.54, 1.807) is 17.3 Å². The lowest BCUT2D eigenvalue weighted by molar-refractivity contribution is -0.0367. The standard InChI is InChI=1S/C29H34Cl2N6O4/c1-16(25-19(30)12-32-13-20(25)31)40-17-8-9-23-18(11-17)26(35-37(23)24-7-5-6-10-39-24)27-33-21-14-36(15-22(21)34-27)28(38)41-29(2,3)4/h8-9,11-13,16,21-22,24H,5-7,10,14-15H2,1-4H3,(H,33,34). The first-order valence-electron chi connectivity index (χ1n) is 14.0. The lowest BCUT2D eigenvalue weighted by atomic mass is 10.1. The molecule has 6 rings (SSSR count). The fourth-order valence-corrected chi connectivity index (χ4v) is 6.29. The minimum atomic E-state index is -0.547. The second kappa shape index (κ2) is 11.0. The number of amidine groups is 1. The van der Waals surface area contributed by atoms with Gasteiger partial charge >= 0.3 is 6.09 Å². The van der Waals surface area contributed by atoms with Crippen molar-refractivity contribution in [2.75, 3.05) is 19.7 Å². The molecule has 0 radical (unpaired) electrons. The van der Waals surface area contributed by atoms with Gasteiger partial charge in [-0.15, -0.1) is 0 Å². The Morgan fingerprint density at radius 1 is 1.17 bits per heavy atom. The zero-order chi connectivity index (χ0) is 28.9. The van der Waals surface area contributed by atoms with Gasteiger partial charge in [-0.25, -0.2) is 9.48 Å². The third kappa shape index (κ3) is 5.69. The smallest absolute Gasteiger partial charge is 0.410 e. The van der Waals surface area contributed by atoms with Crippen molar-refractivity contribution in [2.24, 2.45) is 4.99 Å². The van der Waals surface area contributed by atoms with Gasteiger partial charge in [-0.3, -0.25) is 9.98 Å². The van der Waals surface area contributed by atoms with Crippen molar-refractivity contribution >= 4 is 46.0 Å². The molecule has 12 heteroatoms. The first-order chi connectivity index (χ1) is 19.6. The number of fused-ring (bicyclic) bond motifs is 2. The number of pyridine rings is 1. The highest BCUT2D eigenvalue weighted by Gasteiger charge is 2.42. The first kappa shape index (κ1) is 28.1. The molecule has 0 aliphatic carbocycles. The van der Waals surface area contributed by atoms with Gasteiger partial charge in [0.15, 0.2) is 12.1 Å². The normalized spacial score (nSPS) is 23.2. The van der Waals surface area contributed by atoms with E-state index >= 15 is 0 Å². The van der Waals surface area contributed by atoms with E-state index in [2.05, 4.69) is 10.3 Å². The quantitative estimate of drug-likeness (QED) is 0.388. The average molecular weight is 602 g/mol. The lowest BCUT2D eigenvalue weighted by Gasteiger charge is -2.24. The summed E-state index contributed by atoms with van der Waals surface area (Å²) in [4.78, 5) is 23.4. The highest BCUT2D eigenvalue weighted by atomic mass is 35.5. The molecule has 3 aromatic rings. The maximum Gasteiger partial charge on any atom is 0.410 e. The van der Waals surface area contributed by atoms with Gasteiger partial charge < -0.3 is 24.4 Å². The van der Waals surface area contributed by atoms with Crippen LogP contribution in [0.3, 0.4) is 0 Å². The summed E-state index contributed by atoms with van der Waals surface area (Å²) < 4.78 is 19.9. The number of aromatic nitrogens is 3. The largest absolute Gasteiger partial charge is 0.486 e. The maximum atomic E-state index is 12.6. The molecule has 2 saturated heterocycles. The third-order valence-corrected chi connectivity index (χ3v) is 8.10. The van der Waals surface area contributed by atoms with Gasteiger partial charge in [0.05, 0.1) is 27.6 Å². The number of benzene rings is 1. The molecule has 3 aliphatic heterocycles. The van der Waals surface area contributed by atoms with Crippen LogP contribution in [0.1, 0.15) is 70.5 Å². The number of nitrogens with zero attached hydrogens (tertiary/aromatic N) is 5. The Balaban J connectivity index is 1.31. The number of carbonyl (C=O) groups excluding carboxylic acids is 1. The van der Waals surface area contributed by atoms with Crippen LogP contribution in [0.2, 0.25) is 10.0 Å². The molecule has 0 spiro atoms. The summed E-state index contributed by atoms with van der Waals surface area (Å²) in [7, 11) is 0. The summed E-state index contributed by atoms with van der Waals surface area (Å²) in [5.74, 6) is 1.35. The fourth-order valence-electron chi connectivity index (χ4n) is 5.62. The van der Waals surface area contributed by atoms with Crippen LogP contribution in [0.25, 0.3) is 10.9 Å². The predicted octanol–water partition coefficient (Wildman–Crippen LogP) is 5.91. The van der Waals surface area contributed by atoms with E-state index in [0.29, 0.717) is 46.9 Å². The first-order valence-corrected chi connectivity index (χ1v) is 14.7. The van der Waals surface area contributed by atoms with Crippen molar-refractivity contribution in [3.63, 3.8) is 0 Å². The molecule has 1 N–H and O–H groups in total. The zero-order valence-corrected chi connectivity index (χ0v) is 25.1. The highest BCUT2D eigenvalue weighted by molar-refractivity contribution is 6.35. The molecular formula is C29H34Cl2N6O4. The number of ether oxygens (including phenoxy) is 3. The summed E-state index contributed by atoms with van der Waals surface area (Å²) in [6, 6.07) is 5.80. The molecule has 1 aromatic carbocycles. The molecule has 10 nitrogen and oxygen atoms in total. The molecule has 218 valence electrons. The van der Waals surface area contributed by atoms with Crippen molar-refractivity contribution < 1.29 is 19.0 Å². The molecule has 41 heavy (non-hydrogen) atoms. The second-order valence-corrected chi connectivity index (χ2v) is 12.6. The van der Waals surface area contributed by atoms with Crippen LogP contribution in [0, 0.1) is 0 Å². The molecule has 4 unspecified atom stereocenters. The SMILES string of the molecule is CC(Oc1ccc2c(c1)c(C1=NC3CN(C(=O)OC(C)(C)C)CC3N1)nn2C1CCCCO1)c1c(Cl)cncc1Cl. The minimum absolute atomic E-state index is 0.0147. The summed E-state index contributed by atoms with van der Waals surface area (Å²) >= 11 is 12.8. The highest BCUT2D eigenvalue weighted by Crippen LogP contribution is 2.36. The van der Waals surface area contributed by atoms with Gasteiger partial charge in [0, 0.05) is 43.0 Å². The molecule has 2 fully saturated rings. The van der Waals surface area contributed by atoms with Gasteiger partial charge in [0.25, 0.3) is 0 Å². The number of likely N-dealkylation sites (tertiary alicyclic amines) is 1. The van der Waals surface area contributed by atoms with E-state index < -0.39 is 11.7 Å². The van der Waals surface area contributed by atoms with E-state index in [-0.39, 0.29) is 24.4 Å². The molecule has 1 amide bonds. The Kier molecular flexibility index (Phi) is 7.50. The van der Waals surface area contributed by atoms with Gasteiger partial charge in [-0.1, -0.05) is 23.2 Å². The summed E-state index contributed by atoms with van der Waals surface area (Å²) in [5, 5.41) is 10.3. The van der Waals surface area contributed by atoms with E-state index in [9.17, 15) is 4.79 Å². The Morgan fingerprint density at radius 3 is 2.63 bits per heavy atom. The van der Waals surface area contributed by atoms with E-state index in [4.69, 9.17) is 47.5 Å². The summed E-state index contributed by atoms with van der Waals surface area (Å²) in [6.45, 7) is 9.21. The summed E-state index contributed by atoms with van der Waals surface area (Å²) in [6.07, 6.45) is 5.26. The van der Waals surface area contributed by atoms with Gasteiger partial charge in [0.2, 0.25) is 0 Å². The Bertz CT molecular complexity index is 1480. The van der Waals surface area contributed by atoms with Crippen LogP contribution in [0.15, 0.2) is 35.6 Å². The van der Waals surface area contributed by atoms with Crippen molar-refractivity contribution in [3.8, 4) is 5.75 Å². The average Bonchev–Trinajstić information content (AvgIpc) is 3.59. The Labute approximate surface area is 248 Å². The predicted molar refractivity (Wildman–Crippen MR) is 157 cm³/mol. The molecule has 2 aromatic heterocycles. The number of halogens is 2. The lowest BCUT2D eigenvalue weighted by Crippen LogP contribution is -2.39. The molecule has 0 bridgehead atoms. The molecule has 4 atom stereocenters. The monoisotopic (exact) mass is 600 g/mol. The van der Waals surface area contributed by atoms with Crippen LogP contribution in [0.4, 0.5) is 4.79 Å². The van der Waals surface area contributed by atoms with E-state index in [1.165, 1.54) is 0 Å². The van der Waals surface area contributed by atoms with Crippen molar-refractivity contribution in [2.45, 2.75) is 77.0 Å².